The molecule has 0 amide bonds. The third-order valence-electron chi connectivity index (χ3n) is 3.50. The third-order valence-corrected chi connectivity index (χ3v) is 3.50. The summed E-state index contributed by atoms with van der Waals surface area (Å²) in [5.41, 5.74) is 0.847. The van der Waals surface area contributed by atoms with E-state index in [1.54, 1.807) is 7.11 Å². The van der Waals surface area contributed by atoms with Crippen molar-refractivity contribution < 1.29 is 9.15 Å². The van der Waals surface area contributed by atoms with Gasteiger partial charge in [0, 0.05) is 20.1 Å². The minimum atomic E-state index is 0.570. The zero-order chi connectivity index (χ0) is 13.9. The van der Waals surface area contributed by atoms with Crippen LogP contribution in [0.25, 0.3) is 11.0 Å². The van der Waals surface area contributed by atoms with E-state index in [1.807, 2.05) is 31.3 Å². The molecular weight excluding hydrogens is 254 g/mol. The Morgan fingerprint density at radius 3 is 3.05 bits per heavy atom. The Morgan fingerprint density at radius 2 is 2.25 bits per heavy atom. The normalized spacial score (nSPS) is 15.3. The van der Waals surface area contributed by atoms with Gasteiger partial charge in [-0.05, 0) is 18.6 Å². The summed E-state index contributed by atoms with van der Waals surface area (Å²) in [6.07, 6.45) is 1.11. The van der Waals surface area contributed by atoms with Gasteiger partial charge in [0.05, 0.1) is 19.0 Å². The third kappa shape index (κ3) is 2.31. The first-order valence-corrected chi connectivity index (χ1v) is 6.83. The van der Waals surface area contributed by atoms with Crippen LogP contribution in [0.15, 0.2) is 33.7 Å². The van der Waals surface area contributed by atoms with Gasteiger partial charge in [0.2, 0.25) is 0 Å². The molecule has 2 aromatic rings. The Labute approximate surface area is 118 Å². The predicted octanol–water partition coefficient (Wildman–Crippen LogP) is 2.22. The maximum absolute atomic E-state index is 5.86. The molecule has 0 unspecified atom stereocenters. The van der Waals surface area contributed by atoms with Crippen molar-refractivity contribution in [2.24, 2.45) is 4.99 Å². The fourth-order valence-electron chi connectivity index (χ4n) is 2.48. The zero-order valence-corrected chi connectivity index (χ0v) is 11.8. The molecule has 5 heteroatoms. The summed E-state index contributed by atoms with van der Waals surface area (Å²) in [6, 6.07) is 7.90. The lowest BCUT2D eigenvalue weighted by molar-refractivity contribution is 0.390. The number of ether oxygens (including phenoxy) is 1. The minimum absolute atomic E-state index is 0.570. The number of hydrogen-bond donors (Lipinski definition) is 1. The number of methoxy groups -OCH3 is 1. The van der Waals surface area contributed by atoms with Gasteiger partial charge in [-0.3, -0.25) is 4.99 Å². The van der Waals surface area contributed by atoms with Crippen molar-refractivity contribution in [3.63, 3.8) is 0 Å². The number of guanidine groups is 1. The summed E-state index contributed by atoms with van der Waals surface area (Å²) in [4.78, 5) is 6.61. The molecule has 0 aliphatic carbocycles. The SMILES string of the molecule is COc1c(CNC2=NCCCN2C)oc2ccccc12. The van der Waals surface area contributed by atoms with Crippen molar-refractivity contribution in [3.8, 4) is 5.75 Å². The number of benzene rings is 1. The molecular formula is C15H19N3O2. The van der Waals surface area contributed by atoms with Crippen LogP contribution < -0.4 is 10.1 Å². The van der Waals surface area contributed by atoms with Crippen LogP contribution in [0.3, 0.4) is 0 Å². The van der Waals surface area contributed by atoms with Crippen LogP contribution in [0.1, 0.15) is 12.2 Å². The van der Waals surface area contributed by atoms with E-state index < -0.39 is 0 Å². The molecule has 20 heavy (non-hydrogen) atoms. The van der Waals surface area contributed by atoms with E-state index in [2.05, 4.69) is 15.2 Å². The van der Waals surface area contributed by atoms with Crippen LogP contribution in [0, 0.1) is 0 Å². The summed E-state index contributed by atoms with van der Waals surface area (Å²) >= 11 is 0. The Morgan fingerprint density at radius 1 is 1.40 bits per heavy atom. The Kier molecular flexibility index (Phi) is 3.50. The van der Waals surface area contributed by atoms with Crippen LogP contribution in [0.5, 0.6) is 5.75 Å². The second kappa shape index (κ2) is 5.45. The van der Waals surface area contributed by atoms with Crippen molar-refractivity contribution in [2.45, 2.75) is 13.0 Å². The fourth-order valence-corrected chi connectivity index (χ4v) is 2.48. The van der Waals surface area contributed by atoms with Gasteiger partial charge < -0.3 is 19.4 Å². The number of para-hydroxylation sites is 1. The molecule has 1 N–H and O–H groups in total. The first-order valence-electron chi connectivity index (χ1n) is 6.83. The van der Waals surface area contributed by atoms with Gasteiger partial charge in [-0.1, -0.05) is 12.1 Å². The summed E-state index contributed by atoms with van der Waals surface area (Å²) in [5.74, 6) is 2.52. The van der Waals surface area contributed by atoms with Gasteiger partial charge >= 0.3 is 0 Å². The molecule has 0 atom stereocenters. The molecule has 0 bridgehead atoms. The highest BCUT2D eigenvalue weighted by molar-refractivity contribution is 5.86. The molecule has 5 nitrogen and oxygen atoms in total. The van der Waals surface area contributed by atoms with Gasteiger partial charge in [-0.25, -0.2) is 0 Å². The Balaban J connectivity index is 1.82. The quantitative estimate of drug-likeness (QED) is 0.931. The van der Waals surface area contributed by atoms with Crippen LogP contribution in [-0.2, 0) is 6.54 Å². The molecule has 0 spiro atoms. The zero-order valence-electron chi connectivity index (χ0n) is 11.8. The van der Waals surface area contributed by atoms with Crippen molar-refractivity contribution in [3.05, 3.63) is 30.0 Å². The molecule has 1 aliphatic rings. The van der Waals surface area contributed by atoms with E-state index in [1.165, 1.54) is 0 Å². The van der Waals surface area contributed by atoms with E-state index in [4.69, 9.17) is 9.15 Å². The van der Waals surface area contributed by atoms with Gasteiger partial charge in [0.15, 0.2) is 17.5 Å². The summed E-state index contributed by atoms with van der Waals surface area (Å²) in [7, 11) is 3.71. The molecule has 0 saturated carbocycles. The summed E-state index contributed by atoms with van der Waals surface area (Å²) < 4.78 is 11.3. The number of furan rings is 1. The molecule has 0 saturated heterocycles. The van der Waals surface area contributed by atoms with Crippen LogP contribution >= 0.6 is 0 Å². The van der Waals surface area contributed by atoms with Crippen molar-refractivity contribution in [1.29, 1.82) is 0 Å². The van der Waals surface area contributed by atoms with E-state index in [9.17, 15) is 0 Å². The first-order chi connectivity index (χ1) is 9.79. The molecule has 1 aromatic heterocycles. The van der Waals surface area contributed by atoms with Crippen molar-refractivity contribution in [1.82, 2.24) is 10.2 Å². The molecule has 0 fully saturated rings. The van der Waals surface area contributed by atoms with Gasteiger partial charge in [-0.15, -0.1) is 0 Å². The number of rotatable bonds is 3. The largest absolute Gasteiger partial charge is 0.492 e. The minimum Gasteiger partial charge on any atom is -0.492 e. The molecule has 1 aromatic carbocycles. The monoisotopic (exact) mass is 273 g/mol. The Bertz CT molecular complexity index is 633. The van der Waals surface area contributed by atoms with Crippen LogP contribution in [0.2, 0.25) is 0 Å². The average molecular weight is 273 g/mol. The van der Waals surface area contributed by atoms with Gasteiger partial charge in [0.25, 0.3) is 0 Å². The average Bonchev–Trinajstić information content (AvgIpc) is 2.84. The van der Waals surface area contributed by atoms with E-state index in [0.29, 0.717) is 6.54 Å². The fraction of sp³-hybridized carbons (Fsp3) is 0.400. The predicted molar refractivity (Wildman–Crippen MR) is 79.2 cm³/mol. The lowest BCUT2D eigenvalue weighted by Gasteiger charge is -2.25. The van der Waals surface area contributed by atoms with Crippen molar-refractivity contribution in [2.75, 3.05) is 27.2 Å². The number of nitrogens with one attached hydrogen (secondary N) is 1. The Hall–Kier alpha value is -2.17. The summed E-state index contributed by atoms with van der Waals surface area (Å²) in [6.45, 7) is 2.48. The van der Waals surface area contributed by atoms with E-state index in [0.717, 1.165) is 47.9 Å². The topological polar surface area (TPSA) is 50.0 Å². The van der Waals surface area contributed by atoms with Crippen LogP contribution in [-0.4, -0.2) is 38.1 Å². The van der Waals surface area contributed by atoms with Gasteiger partial charge in [-0.2, -0.15) is 0 Å². The number of aliphatic imine (C=N–C) groups is 1. The molecule has 1 aliphatic heterocycles. The van der Waals surface area contributed by atoms with E-state index in [-0.39, 0.29) is 0 Å². The maximum atomic E-state index is 5.86. The van der Waals surface area contributed by atoms with Gasteiger partial charge in [0.1, 0.15) is 5.58 Å². The lowest BCUT2D eigenvalue weighted by Crippen LogP contribution is -2.41. The highest BCUT2D eigenvalue weighted by atomic mass is 16.5. The second-order valence-electron chi connectivity index (χ2n) is 4.89. The standard InChI is InChI=1S/C15H19N3O2/c1-18-9-5-8-16-15(18)17-10-13-14(19-2)11-6-3-4-7-12(11)20-13/h3-4,6-7H,5,8-10H2,1-2H3,(H,16,17). The number of nitrogens with zero attached hydrogens (tertiary/aromatic N) is 2. The number of hydrogen-bond acceptors (Lipinski definition) is 5. The molecule has 2 heterocycles. The second-order valence-corrected chi connectivity index (χ2v) is 4.89. The summed E-state index contributed by atoms with van der Waals surface area (Å²) in [5, 5.41) is 4.33. The van der Waals surface area contributed by atoms with Crippen molar-refractivity contribution >= 4 is 16.9 Å². The molecule has 3 rings (SSSR count). The first kappa shape index (κ1) is 12.8. The smallest absolute Gasteiger partial charge is 0.194 e. The lowest BCUT2D eigenvalue weighted by atomic mass is 10.2. The highest BCUT2D eigenvalue weighted by Crippen LogP contribution is 2.32. The maximum Gasteiger partial charge on any atom is 0.194 e. The van der Waals surface area contributed by atoms with Crippen LogP contribution in [0.4, 0.5) is 0 Å². The highest BCUT2D eigenvalue weighted by Gasteiger charge is 2.16. The molecule has 0 radical (unpaired) electrons. The molecule has 106 valence electrons. The number of fused-ring (bicyclic) bond motifs is 1. The van der Waals surface area contributed by atoms with E-state index >= 15 is 0 Å².